The molecular formula is C24H24N2O3. The minimum absolute atomic E-state index is 0.0636. The van der Waals surface area contributed by atoms with Crippen molar-refractivity contribution in [1.29, 1.82) is 0 Å². The lowest BCUT2D eigenvalue weighted by atomic mass is 10.2. The second-order valence-electron chi connectivity index (χ2n) is 6.49. The normalized spacial score (nSPS) is 10.2. The van der Waals surface area contributed by atoms with Gasteiger partial charge in [-0.2, -0.15) is 0 Å². The number of nitrogens with zero attached hydrogens (tertiary/aromatic N) is 1. The molecule has 0 saturated heterocycles. The smallest absolute Gasteiger partial charge is 0.246 e. The fourth-order valence-corrected chi connectivity index (χ4v) is 2.83. The van der Waals surface area contributed by atoms with Crippen LogP contribution in [0.4, 0.5) is 5.69 Å². The van der Waals surface area contributed by atoms with Crippen LogP contribution in [0.3, 0.4) is 0 Å². The lowest BCUT2D eigenvalue weighted by molar-refractivity contribution is -0.125. The van der Waals surface area contributed by atoms with Crippen molar-refractivity contribution in [2.24, 2.45) is 0 Å². The molecule has 3 aromatic rings. The van der Waals surface area contributed by atoms with E-state index in [1.54, 1.807) is 4.90 Å². The Balaban J connectivity index is 1.53. The molecule has 0 aliphatic rings. The molecule has 1 N–H and O–H groups in total. The van der Waals surface area contributed by atoms with E-state index in [4.69, 9.17) is 4.74 Å². The van der Waals surface area contributed by atoms with Crippen molar-refractivity contribution in [3.63, 3.8) is 0 Å². The summed E-state index contributed by atoms with van der Waals surface area (Å²) in [5, 5.41) is 2.69. The summed E-state index contributed by atoms with van der Waals surface area (Å²) in [5.74, 6) is 0.328. The maximum absolute atomic E-state index is 12.8. The molecule has 0 fully saturated rings. The van der Waals surface area contributed by atoms with Gasteiger partial charge in [0.2, 0.25) is 11.8 Å². The molecule has 3 aromatic carbocycles. The van der Waals surface area contributed by atoms with Gasteiger partial charge < -0.3 is 15.0 Å². The molecule has 0 aliphatic carbocycles. The number of anilines is 1. The zero-order valence-electron chi connectivity index (χ0n) is 16.2. The van der Waals surface area contributed by atoms with Crippen LogP contribution in [0.25, 0.3) is 0 Å². The zero-order valence-corrected chi connectivity index (χ0v) is 16.2. The van der Waals surface area contributed by atoms with Gasteiger partial charge in [0, 0.05) is 5.69 Å². The Morgan fingerprint density at radius 1 is 0.793 bits per heavy atom. The second kappa shape index (κ2) is 10.7. The predicted octanol–water partition coefficient (Wildman–Crippen LogP) is 3.81. The topological polar surface area (TPSA) is 58.6 Å². The summed E-state index contributed by atoms with van der Waals surface area (Å²) in [6, 6.07) is 28.6. The van der Waals surface area contributed by atoms with E-state index in [0.717, 1.165) is 17.0 Å². The quantitative estimate of drug-likeness (QED) is 0.606. The molecule has 3 rings (SSSR count). The fourth-order valence-electron chi connectivity index (χ4n) is 2.83. The van der Waals surface area contributed by atoms with E-state index in [9.17, 15) is 9.59 Å². The van der Waals surface area contributed by atoms with Gasteiger partial charge in [-0.1, -0.05) is 66.7 Å². The summed E-state index contributed by atoms with van der Waals surface area (Å²) < 4.78 is 5.52. The van der Waals surface area contributed by atoms with Crippen LogP contribution in [-0.2, 0) is 16.1 Å². The predicted molar refractivity (Wildman–Crippen MR) is 114 cm³/mol. The third-order valence-corrected chi connectivity index (χ3v) is 4.33. The first-order chi connectivity index (χ1) is 14.2. The molecule has 0 unspecified atom stereocenters. The molecule has 0 spiro atoms. The van der Waals surface area contributed by atoms with E-state index in [-0.39, 0.29) is 31.4 Å². The van der Waals surface area contributed by atoms with Crippen LogP contribution in [0.15, 0.2) is 91.0 Å². The van der Waals surface area contributed by atoms with Gasteiger partial charge in [0.15, 0.2) is 0 Å². The van der Waals surface area contributed by atoms with Crippen molar-refractivity contribution in [2.75, 3.05) is 18.1 Å². The number of carbonyl (C=O) groups is 2. The van der Waals surface area contributed by atoms with Crippen molar-refractivity contribution in [3.05, 3.63) is 96.6 Å². The number of hydrogen-bond donors (Lipinski definition) is 1. The number of ether oxygens (including phenoxy) is 1. The number of carbonyl (C=O) groups excluding carboxylic acids is 2. The maximum Gasteiger partial charge on any atom is 0.246 e. The Morgan fingerprint density at radius 2 is 1.38 bits per heavy atom. The van der Waals surface area contributed by atoms with Gasteiger partial charge in [-0.25, -0.2) is 0 Å². The maximum atomic E-state index is 12.8. The van der Waals surface area contributed by atoms with Crippen LogP contribution in [0.1, 0.15) is 12.0 Å². The zero-order chi connectivity index (χ0) is 20.3. The van der Waals surface area contributed by atoms with Gasteiger partial charge in [0.05, 0.1) is 26.1 Å². The third kappa shape index (κ3) is 6.50. The first-order valence-electron chi connectivity index (χ1n) is 9.56. The minimum atomic E-state index is -0.220. The van der Waals surface area contributed by atoms with Crippen molar-refractivity contribution in [2.45, 2.75) is 13.0 Å². The Bertz CT molecular complexity index is 899. The molecule has 148 valence electrons. The van der Waals surface area contributed by atoms with E-state index in [1.807, 2.05) is 91.0 Å². The Morgan fingerprint density at radius 3 is 2.03 bits per heavy atom. The highest BCUT2D eigenvalue weighted by Crippen LogP contribution is 2.17. The van der Waals surface area contributed by atoms with Gasteiger partial charge in [0.25, 0.3) is 0 Å². The highest BCUT2D eigenvalue weighted by molar-refractivity contribution is 5.96. The largest absolute Gasteiger partial charge is 0.493 e. The first-order valence-corrected chi connectivity index (χ1v) is 9.56. The number of amides is 2. The molecule has 0 saturated carbocycles. The molecular weight excluding hydrogens is 364 g/mol. The van der Waals surface area contributed by atoms with Crippen molar-refractivity contribution in [3.8, 4) is 5.75 Å². The van der Waals surface area contributed by atoms with E-state index in [0.29, 0.717) is 6.54 Å². The molecule has 0 atom stereocenters. The molecule has 0 aliphatic heterocycles. The third-order valence-electron chi connectivity index (χ3n) is 4.33. The number of rotatable bonds is 9. The summed E-state index contributed by atoms with van der Waals surface area (Å²) in [6.07, 6.45) is 0.187. The van der Waals surface area contributed by atoms with Gasteiger partial charge in [-0.3, -0.25) is 9.59 Å². The number of hydrogen-bond acceptors (Lipinski definition) is 3. The van der Waals surface area contributed by atoms with Crippen LogP contribution < -0.4 is 15.0 Å². The van der Waals surface area contributed by atoms with Gasteiger partial charge in [-0.15, -0.1) is 0 Å². The van der Waals surface area contributed by atoms with Crippen molar-refractivity contribution in [1.82, 2.24) is 5.32 Å². The van der Waals surface area contributed by atoms with Crippen LogP contribution in [-0.4, -0.2) is 25.0 Å². The fraction of sp³-hybridized carbons (Fsp3) is 0.167. The monoisotopic (exact) mass is 388 g/mol. The van der Waals surface area contributed by atoms with Crippen LogP contribution in [0.2, 0.25) is 0 Å². The molecule has 5 nitrogen and oxygen atoms in total. The molecule has 5 heteroatoms. The summed E-state index contributed by atoms with van der Waals surface area (Å²) in [4.78, 5) is 26.6. The summed E-state index contributed by atoms with van der Waals surface area (Å²) in [6.45, 7) is 0.638. The van der Waals surface area contributed by atoms with Crippen molar-refractivity contribution >= 4 is 17.5 Å². The van der Waals surface area contributed by atoms with Gasteiger partial charge in [-0.05, 0) is 29.8 Å². The molecule has 0 radical (unpaired) electrons. The van der Waals surface area contributed by atoms with E-state index in [1.165, 1.54) is 0 Å². The summed E-state index contributed by atoms with van der Waals surface area (Å²) >= 11 is 0. The average molecular weight is 388 g/mol. The highest BCUT2D eigenvalue weighted by Gasteiger charge is 2.17. The minimum Gasteiger partial charge on any atom is -0.493 e. The lowest BCUT2D eigenvalue weighted by Crippen LogP contribution is -2.40. The molecule has 0 aromatic heterocycles. The van der Waals surface area contributed by atoms with Gasteiger partial charge >= 0.3 is 0 Å². The summed E-state index contributed by atoms with van der Waals surface area (Å²) in [7, 11) is 0. The molecule has 29 heavy (non-hydrogen) atoms. The first kappa shape index (κ1) is 20.1. The van der Waals surface area contributed by atoms with E-state index >= 15 is 0 Å². The number of para-hydroxylation sites is 2. The molecule has 2 amide bonds. The Hall–Kier alpha value is -3.60. The van der Waals surface area contributed by atoms with Gasteiger partial charge in [0.1, 0.15) is 5.75 Å². The van der Waals surface area contributed by atoms with E-state index < -0.39 is 0 Å². The van der Waals surface area contributed by atoms with Crippen LogP contribution in [0.5, 0.6) is 5.75 Å². The lowest BCUT2D eigenvalue weighted by Gasteiger charge is -2.23. The van der Waals surface area contributed by atoms with E-state index in [2.05, 4.69) is 5.32 Å². The summed E-state index contributed by atoms with van der Waals surface area (Å²) in [5.41, 5.74) is 1.82. The van der Waals surface area contributed by atoms with Crippen molar-refractivity contribution < 1.29 is 14.3 Å². The standard InChI is InChI=1S/C24H24N2O3/c27-23(16-17-29-22-14-8-3-9-15-22)25-18-24(28)26(21-12-6-2-7-13-21)19-20-10-4-1-5-11-20/h1-15H,16-19H2,(H,25,27). The molecule has 0 heterocycles. The average Bonchev–Trinajstić information content (AvgIpc) is 2.78. The number of benzene rings is 3. The number of nitrogens with one attached hydrogen (secondary N) is 1. The Kier molecular flexibility index (Phi) is 7.41. The molecule has 0 bridgehead atoms. The Labute approximate surface area is 170 Å². The highest BCUT2D eigenvalue weighted by atomic mass is 16.5. The second-order valence-corrected chi connectivity index (χ2v) is 6.49. The van der Waals surface area contributed by atoms with Crippen LogP contribution >= 0.6 is 0 Å². The van der Waals surface area contributed by atoms with Crippen LogP contribution in [0, 0.1) is 0 Å². The SMILES string of the molecule is O=C(CCOc1ccccc1)NCC(=O)N(Cc1ccccc1)c1ccccc1.